The molecule has 0 saturated carbocycles. The molecule has 2 heterocycles. The highest BCUT2D eigenvalue weighted by Crippen LogP contribution is 2.22. The Balaban J connectivity index is 2.19. The third-order valence-corrected chi connectivity index (χ3v) is 2.69. The lowest BCUT2D eigenvalue weighted by Crippen LogP contribution is -2.19. The molecule has 100 valence electrons. The van der Waals surface area contributed by atoms with E-state index < -0.39 is 5.97 Å². The van der Waals surface area contributed by atoms with E-state index in [9.17, 15) is 4.79 Å². The normalized spacial score (nSPS) is 10.4. The Morgan fingerprint density at radius 1 is 1.53 bits per heavy atom. The Labute approximate surface area is 110 Å². The molecule has 2 rings (SSSR count). The van der Waals surface area contributed by atoms with E-state index in [0.717, 1.165) is 11.5 Å². The standard InChI is InChI=1S/C13H15N3O3/c1-8-3-4-10(19-8)7-16(2)12-11(14)5-9(6-15-12)13(17)18/h3-6H,7,14H2,1-2H3,(H,17,18). The van der Waals surface area contributed by atoms with Gasteiger partial charge in [0.1, 0.15) is 11.5 Å². The molecule has 0 atom stereocenters. The van der Waals surface area contributed by atoms with Gasteiger partial charge in [-0.25, -0.2) is 9.78 Å². The monoisotopic (exact) mass is 261 g/mol. The number of hydrogen-bond acceptors (Lipinski definition) is 5. The van der Waals surface area contributed by atoms with E-state index in [2.05, 4.69) is 4.98 Å². The minimum Gasteiger partial charge on any atom is -0.478 e. The first kappa shape index (κ1) is 12.9. The number of nitrogens with zero attached hydrogens (tertiary/aromatic N) is 2. The highest BCUT2D eigenvalue weighted by molar-refractivity contribution is 5.89. The number of hydrogen-bond donors (Lipinski definition) is 2. The largest absolute Gasteiger partial charge is 0.478 e. The van der Waals surface area contributed by atoms with Crippen LogP contribution in [0, 0.1) is 6.92 Å². The van der Waals surface area contributed by atoms with Crippen LogP contribution in [0.4, 0.5) is 11.5 Å². The summed E-state index contributed by atoms with van der Waals surface area (Å²) >= 11 is 0. The number of nitrogen functional groups attached to an aromatic ring is 1. The number of pyridine rings is 1. The fraction of sp³-hybridized carbons (Fsp3) is 0.231. The number of anilines is 2. The maximum Gasteiger partial charge on any atom is 0.337 e. The smallest absolute Gasteiger partial charge is 0.337 e. The summed E-state index contributed by atoms with van der Waals surface area (Å²) in [6, 6.07) is 5.16. The zero-order valence-electron chi connectivity index (χ0n) is 10.8. The zero-order valence-corrected chi connectivity index (χ0v) is 10.8. The van der Waals surface area contributed by atoms with Gasteiger partial charge in [-0.1, -0.05) is 0 Å². The number of carboxylic acids is 1. The summed E-state index contributed by atoms with van der Waals surface area (Å²) in [5, 5.41) is 8.85. The van der Waals surface area contributed by atoms with E-state index in [1.54, 1.807) is 4.90 Å². The minimum atomic E-state index is -1.05. The van der Waals surface area contributed by atoms with E-state index >= 15 is 0 Å². The molecule has 2 aromatic rings. The van der Waals surface area contributed by atoms with Crippen molar-refractivity contribution in [3.63, 3.8) is 0 Å². The molecule has 6 nitrogen and oxygen atoms in total. The number of rotatable bonds is 4. The van der Waals surface area contributed by atoms with Gasteiger partial charge in [-0.05, 0) is 25.1 Å². The van der Waals surface area contributed by atoms with Crippen molar-refractivity contribution in [1.82, 2.24) is 4.98 Å². The first-order valence-corrected chi connectivity index (χ1v) is 5.72. The van der Waals surface area contributed by atoms with Crippen molar-refractivity contribution >= 4 is 17.5 Å². The average Bonchev–Trinajstić information content (AvgIpc) is 2.74. The second kappa shape index (κ2) is 5.01. The molecular formula is C13H15N3O3. The van der Waals surface area contributed by atoms with Crippen LogP contribution in [0.25, 0.3) is 0 Å². The van der Waals surface area contributed by atoms with Gasteiger partial charge in [-0.3, -0.25) is 0 Å². The van der Waals surface area contributed by atoms with Crippen LogP contribution >= 0.6 is 0 Å². The second-order valence-corrected chi connectivity index (χ2v) is 4.31. The van der Waals surface area contributed by atoms with Gasteiger partial charge in [0.25, 0.3) is 0 Å². The summed E-state index contributed by atoms with van der Waals surface area (Å²) < 4.78 is 5.47. The molecule has 3 N–H and O–H groups in total. The molecular weight excluding hydrogens is 246 g/mol. The van der Waals surface area contributed by atoms with Crippen molar-refractivity contribution in [1.29, 1.82) is 0 Å². The molecule has 0 aromatic carbocycles. The summed E-state index contributed by atoms with van der Waals surface area (Å²) in [5.74, 6) is 1.11. The summed E-state index contributed by atoms with van der Waals surface area (Å²) in [7, 11) is 1.82. The molecule has 0 amide bonds. The molecule has 0 radical (unpaired) electrons. The van der Waals surface area contributed by atoms with E-state index in [1.807, 2.05) is 26.1 Å². The molecule has 0 unspecified atom stereocenters. The van der Waals surface area contributed by atoms with Gasteiger partial charge in [0.05, 0.1) is 17.8 Å². The lowest BCUT2D eigenvalue weighted by molar-refractivity contribution is 0.0696. The zero-order chi connectivity index (χ0) is 14.0. The van der Waals surface area contributed by atoms with Crippen LogP contribution in [-0.2, 0) is 6.54 Å². The van der Waals surface area contributed by atoms with Crippen LogP contribution in [0.1, 0.15) is 21.9 Å². The fourth-order valence-corrected chi connectivity index (χ4v) is 1.79. The number of aromatic carboxylic acids is 1. The molecule has 0 aliphatic heterocycles. The molecule has 0 saturated heterocycles. The molecule has 19 heavy (non-hydrogen) atoms. The third-order valence-electron chi connectivity index (χ3n) is 2.69. The molecule has 0 bridgehead atoms. The quantitative estimate of drug-likeness (QED) is 0.873. The van der Waals surface area contributed by atoms with Crippen LogP contribution in [0.5, 0.6) is 0 Å². The molecule has 0 aliphatic rings. The number of furan rings is 1. The average molecular weight is 261 g/mol. The Hall–Kier alpha value is -2.50. The summed E-state index contributed by atoms with van der Waals surface area (Å²) in [5.41, 5.74) is 6.22. The first-order chi connectivity index (χ1) is 8.97. The van der Waals surface area contributed by atoms with Crippen LogP contribution in [0.15, 0.2) is 28.8 Å². The predicted octanol–water partition coefficient (Wildman–Crippen LogP) is 1.90. The number of nitrogens with two attached hydrogens (primary N) is 1. The molecule has 0 aliphatic carbocycles. The van der Waals surface area contributed by atoms with E-state index in [4.69, 9.17) is 15.3 Å². The van der Waals surface area contributed by atoms with Gasteiger partial charge in [0, 0.05) is 13.2 Å². The predicted molar refractivity (Wildman–Crippen MR) is 71.2 cm³/mol. The third kappa shape index (κ3) is 2.85. The fourth-order valence-electron chi connectivity index (χ4n) is 1.79. The van der Waals surface area contributed by atoms with Crippen molar-refractivity contribution in [3.05, 3.63) is 41.5 Å². The highest BCUT2D eigenvalue weighted by Gasteiger charge is 2.12. The van der Waals surface area contributed by atoms with Gasteiger partial charge in [0.2, 0.25) is 0 Å². The van der Waals surface area contributed by atoms with Gasteiger partial charge < -0.3 is 20.2 Å². The SMILES string of the molecule is Cc1ccc(CN(C)c2ncc(C(=O)O)cc2N)o1. The topological polar surface area (TPSA) is 92.6 Å². The van der Waals surface area contributed by atoms with E-state index in [1.165, 1.54) is 12.3 Å². The summed E-state index contributed by atoms with van der Waals surface area (Å²) in [6.45, 7) is 2.38. The Bertz CT molecular complexity index is 607. The maximum atomic E-state index is 10.8. The Kier molecular flexibility index (Phi) is 3.41. The Morgan fingerprint density at radius 2 is 2.26 bits per heavy atom. The lowest BCUT2D eigenvalue weighted by Gasteiger charge is -2.18. The van der Waals surface area contributed by atoms with Crippen molar-refractivity contribution in [3.8, 4) is 0 Å². The van der Waals surface area contributed by atoms with Gasteiger partial charge in [-0.2, -0.15) is 0 Å². The highest BCUT2D eigenvalue weighted by atomic mass is 16.4. The minimum absolute atomic E-state index is 0.0727. The van der Waals surface area contributed by atoms with Crippen molar-refractivity contribution in [2.45, 2.75) is 13.5 Å². The van der Waals surface area contributed by atoms with Crippen LogP contribution in [0.2, 0.25) is 0 Å². The number of carboxylic acid groups (broad SMARTS) is 1. The summed E-state index contributed by atoms with van der Waals surface area (Å²) in [6.07, 6.45) is 1.29. The van der Waals surface area contributed by atoms with Gasteiger partial charge in [0.15, 0.2) is 5.82 Å². The van der Waals surface area contributed by atoms with E-state index in [-0.39, 0.29) is 5.56 Å². The molecule has 0 spiro atoms. The number of carbonyl (C=O) groups is 1. The molecule has 0 fully saturated rings. The number of aromatic nitrogens is 1. The maximum absolute atomic E-state index is 10.8. The molecule has 2 aromatic heterocycles. The van der Waals surface area contributed by atoms with Crippen molar-refractivity contribution < 1.29 is 14.3 Å². The molecule has 6 heteroatoms. The number of aryl methyl sites for hydroxylation is 1. The first-order valence-electron chi connectivity index (χ1n) is 5.72. The van der Waals surface area contributed by atoms with Crippen LogP contribution in [-0.4, -0.2) is 23.1 Å². The second-order valence-electron chi connectivity index (χ2n) is 4.31. The Morgan fingerprint density at radius 3 is 2.79 bits per heavy atom. The van der Waals surface area contributed by atoms with Crippen LogP contribution < -0.4 is 10.6 Å². The van der Waals surface area contributed by atoms with Crippen molar-refractivity contribution in [2.75, 3.05) is 17.7 Å². The van der Waals surface area contributed by atoms with Crippen molar-refractivity contribution in [2.24, 2.45) is 0 Å². The van der Waals surface area contributed by atoms with Gasteiger partial charge in [-0.15, -0.1) is 0 Å². The summed E-state index contributed by atoms with van der Waals surface area (Å²) in [4.78, 5) is 16.7. The van der Waals surface area contributed by atoms with Crippen LogP contribution in [0.3, 0.4) is 0 Å². The lowest BCUT2D eigenvalue weighted by atomic mass is 10.2. The van der Waals surface area contributed by atoms with Gasteiger partial charge >= 0.3 is 5.97 Å². The van der Waals surface area contributed by atoms with E-state index in [0.29, 0.717) is 18.1 Å².